The Balaban J connectivity index is 0.00000338. The highest BCUT2D eigenvalue weighted by Crippen LogP contribution is 2.33. The maximum Gasteiger partial charge on any atom is 0.418 e. The minimum atomic E-state index is -4.53. The largest absolute Gasteiger partial charge is 0.418 e. The first-order valence-corrected chi connectivity index (χ1v) is 7.59. The van der Waals surface area contributed by atoms with Crippen LogP contribution in [0.25, 0.3) is 5.69 Å². The zero-order valence-electron chi connectivity index (χ0n) is 14.6. The van der Waals surface area contributed by atoms with Crippen LogP contribution in [-0.2, 0) is 6.18 Å². The summed E-state index contributed by atoms with van der Waals surface area (Å²) in [6.07, 6.45) is -3.34. The van der Waals surface area contributed by atoms with E-state index < -0.39 is 17.6 Å². The molecule has 26 heavy (non-hydrogen) atoms. The summed E-state index contributed by atoms with van der Waals surface area (Å²) < 4.78 is 40.3. The molecule has 2 N–H and O–H groups in total. The number of hydrogen-bond donors (Lipinski definition) is 1. The second-order valence-electron chi connectivity index (χ2n) is 6.59. The molecule has 0 fully saturated rings. The van der Waals surface area contributed by atoms with Gasteiger partial charge in [-0.1, -0.05) is 31.2 Å². The molecule has 0 saturated carbocycles. The average Bonchev–Trinajstić information content (AvgIpc) is 3.02. The van der Waals surface area contributed by atoms with Crippen LogP contribution in [0.4, 0.5) is 13.2 Å². The van der Waals surface area contributed by atoms with E-state index in [4.69, 9.17) is 5.73 Å². The van der Waals surface area contributed by atoms with Gasteiger partial charge in [-0.2, -0.15) is 13.2 Å². The van der Waals surface area contributed by atoms with Gasteiger partial charge in [0, 0.05) is 13.6 Å². The minimum absolute atomic E-state index is 0. The van der Waals surface area contributed by atoms with E-state index in [0.717, 1.165) is 10.7 Å². The summed E-state index contributed by atoms with van der Waals surface area (Å²) in [5, 5.41) is 7.39. The summed E-state index contributed by atoms with van der Waals surface area (Å²) in [6, 6.07) is 4.98. The molecule has 6 nitrogen and oxygen atoms in total. The van der Waals surface area contributed by atoms with E-state index in [1.807, 2.05) is 13.8 Å². The Morgan fingerprint density at radius 3 is 2.46 bits per heavy atom. The number of aromatic nitrogens is 3. The number of nitrogens with zero attached hydrogens (tertiary/aromatic N) is 4. The molecule has 0 saturated heterocycles. The number of halogens is 4. The first-order chi connectivity index (χ1) is 11.5. The van der Waals surface area contributed by atoms with Gasteiger partial charge in [-0.05, 0) is 24.1 Å². The van der Waals surface area contributed by atoms with E-state index in [1.165, 1.54) is 29.3 Å². The first-order valence-electron chi connectivity index (χ1n) is 7.59. The van der Waals surface area contributed by atoms with Gasteiger partial charge in [-0.3, -0.25) is 4.79 Å². The molecule has 2 rings (SSSR count). The van der Waals surface area contributed by atoms with Crippen LogP contribution < -0.4 is 5.73 Å². The van der Waals surface area contributed by atoms with Gasteiger partial charge in [0.05, 0.1) is 17.4 Å². The normalized spacial score (nSPS) is 11.8. The number of para-hydroxylation sites is 1. The summed E-state index contributed by atoms with van der Waals surface area (Å²) in [7, 11) is 1.59. The van der Waals surface area contributed by atoms with Crippen molar-refractivity contribution in [1.29, 1.82) is 0 Å². The fourth-order valence-electron chi connectivity index (χ4n) is 2.37. The molecule has 0 aliphatic rings. The van der Waals surface area contributed by atoms with Gasteiger partial charge in [-0.25, -0.2) is 4.68 Å². The van der Waals surface area contributed by atoms with Gasteiger partial charge < -0.3 is 10.6 Å². The molecule has 1 heterocycles. The van der Waals surface area contributed by atoms with Crippen LogP contribution in [0.3, 0.4) is 0 Å². The molecule has 10 heteroatoms. The van der Waals surface area contributed by atoms with Crippen LogP contribution in [-0.4, -0.2) is 45.9 Å². The average molecular weight is 392 g/mol. The van der Waals surface area contributed by atoms with Crippen LogP contribution in [0.2, 0.25) is 0 Å². The van der Waals surface area contributed by atoms with E-state index in [0.29, 0.717) is 13.1 Å². The number of amides is 1. The maximum absolute atomic E-state index is 13.1. The van der Waals surface area contributed by atoms with Gasteiger partial charge in [-0.15, -0.1) is 17.5 Å². The summed E-state index contributed by atoms with van der Waals surface area (Å²) in [4.78, 5) is 13.8. The minimum Gasteiger partial charge on any atom is -0.340 e. The van der Waals surface area contributed by atoms with Crippen molar-refractivity contribution in [2.24, 2.45) is 11.1 Å². The first kappa shape index (κ1) is 21.9. The molecular formula is C16H21ClF3N5O. The molecule has 0 unspecified atom stereocenters. The summed E-state index contributed by atoms with van der Waals surface area (Å²) >= 11 is 0. The Kier molecular flexibility index (Phi) is 6.78. The molecule has 0 spiro atoms. The third-order valence-corrected chi connectivity index (χ3v) is 3.73. The number of alkyl halides is 3. The number of hydrogen-bond acceptors (Lipinski definition) is 4. The standard InChI is InChI=1S/C16H20F3N5O.ClH/c1-15(2,9-20)10-23(3)14(25)12-8-24(22-21-12)13-7-5-4-6-11(13)16(17,18)19;/h4-8H,9-10,20H2,1-3H3;1H. The second kappa shape index (κ2) is 8.05. The highest BCUT2D eigenvalue weighted by Gasteiger charge is 2.34. The summed E-state index contributed by atoms with van der Waals surface area (Å²) in [5.41, 5.74) is 4.29. The van der Waals surface area contributed by atoms with Gasteiger partial charge in [0.25, 0.3) is 5.91 Å². The predicted octanol–water partition coefficient (Wildman–Crippen LogP) is 2.76. The number of carbonyl (C=O) groups excluding carboxylic acids is 1. The molecule has 0 bridgehead atoms. The highest BCUT2D eigenvalue weighted by atomic mass is 35.5. The lowest BCUT2D eigenvalue weighted by atomic mass is 9.93. The molecule has 0 radical (unpaired) electrons. The van der Waals surface area contributed by atoms with Crippen molar-refractivity contribution < 1.29 is 18.0 Å². The lowest BCUT2D eigenvalue weighted by Gasteiger charge is -2.28. The quantitative estimate of drug-likeness (QED) is 0.850. The molecule has 1 amide bonds. The maximum atomic E-state index is 13.1. The third-order valence-electron chi connectivity index (χ3n) is 3.73. The number of carbonyl (C=O) groups is 1. The predicted molar refractivity (Wildman–Crippen MR) is 93.4 cm³/mol. The number of rotatable bonds is 5. The van der Waals surface area contributed by atoms with Crippen LogP contribution in [0.15, 0.2) is 30.5 Å². The molecule has 1 aromatic heterocycles. The van der Waals surface area contributed by atoms with E-state index in [9.17, 15) is 18.0 Å². The Hall–Kier alpha value is -2.13. The molecule has 2 aromatic rings. The van der Waals surface area contributed by atoms with E-state index >= 15 is 0 Å². The molecule has 144 valence electrons. The van der Waals surface area contributed by atoms with Crippen LogP contribution in [0, 0.1) is 5.41 Å². The summed E-state index contributed by atoms with van der Waals surface area (Å²) in [6.45, 7) is 4.59. The van der Waals surface area contributed by atoms with E-state index in [-0.39, 0.29) is 29.2 Å². The Morgan fingerprint density at radius 1 is 1.27 bits per heavy atom. The zero-order valence-corrected chi connectivity index (χ0v) is 15.4. The highest BCUT2D eigenvalue weighted by molar-refractivity contribution is 5.91. The lowest BCUT2D eigenvalue weighted by Crippen LogP contribution is -2.39. The van der Waals surface area contributed by atoms with E-state index in [1.54, 1.807) is 7.05 Å². The molecule has 1 aromatic carbocycles. The van der Waals surface area contributed by atoms with Gasteiger partial charge in [0.2, 0.25) is 0 Å². The fourth-order valence-corrected chi connectivity index (χ4v) is 2.37. The Labute approximate surface area is 155 Å². The topological polar surface area (TPSA) is 77.0 Å². The summed E-state index contributed by atoms with van der Waals surface area (Å²) in [5.74, 6) is -0.433. The van der Waals surface area contributed by atoms with Gasteiger partial charge in [0.1, 0.15) is 0 Å². The van der Waals surface area contributed by atoms with Gasteiger partial charge >= 0.3 is 6.18 Å². The second-order valence-corrected chi connectivity index (χ2v) is 6.59. The van der Waals surface area contributed by atoms with Crippen molar-refractivity contribution in [3.8, 4) is 5.69 Å². The van der Waals surface area contributed by atoms with Gasteiger partial charge in [0.15, 0.2) is 5.69 Å². The van der Waals surface area contributed by atoms with Crippen molar-refractivity contribution in [3.05, 3.63) is 41.7 Å². The van der Waals surface area contributed by atoms with Crippen molar-refractivity contribution in [2.75, 3.05) is 20.1 Å². The monoisotopic (exact) mass is 391 g/mol. The van der Waals surface area contributed by atoms with Crippen molar-refractivity contribution >= 4 is 18.3 Å². The van der Waals surface area contributed by atoms with Crippen LogP contribution in [0.5, 0.6) is 0 Å². The smallest absolute Gasteiger partial charge is 0.340 e. The third kappa shape index (κ3) is 4.95. The Bertz CT molecular complexity index is 760. The molecular weight excluding hydrogens is 371 g/mol. The fraction of sp³-hybridized carbons (Fsp3) is 0.438. The lowest BCUT2D eigenvalue weighted by molar-refractivity contribution is -0.137. The number of nitrogens with two attached hydrogens (primary N) is 1. The van der Waals surface area contributed by atoms with Crippen molar-refractivity contribution in [1.82, 2.24) is 19.9 Å². The number of benzene rings is 1. The van der Waals surface area contributed by atoms with Crippen molar-refractivity contribution in [3.63, 3.8) is 0 Å². The zero-order chi connectivity index (χ0) is 18.8. The Morgan fingerprint density at radius 2 is 1.88 bits per heavy atom. The van der Waals surface area contributed by atoms with E-state index in [2.05, 4.69) is 10.3 Å². The van der Waals surface area contributed by atoms with Crippen LogP contribution in [0.1, 0.15) is 29.9 Å². The molecule has 0 aliphatic carbocycles. The molecule has 0 atom stereocenters. The molecule has 0 aliphatic heterocycles. The SMILES string of the molecule is CN(CC(C)(C)CN)C(=O)c1cn(-c2ccccc2C(F)(F)F)nn1.Cl. The van der Waals surface area contributed by atoms with Crippen LogP contribution >= 0.6 is 12.4 Å². The van der Waals surface area contributed by atoms with Crippen molar-refractivity contribution in [2.45, 2.75) is 20.0 Å².